The van der Waals surface area contributed by atoms with Gasteiger partial charge in [0.05, 0.1) is 19.3 Å². The average Bonchev–Trinajstić information content (AvgIpc) is 2.56. The van der Waals surface area contributed by atoms with Gasteiger partial charge in [-0.05, 0) is 48.9 Å². The third-order valence-electron chi connectivity index (χ3n) is 3.18. The fourth-order valence-corrected chi connectivity index (χ4v) is 2.18. The van der Waals surface area contributed by atoms with Crippen molar-refractivity contribution in [2.45, 2.75) is 6.42 Å². The topological polar surface area (TPSA) is 67.8 Å². The number of carbonyl (C=O) groups is 1. The van der Waals surface area contributed by atoms with E-state index >= 15 is 0 Å². The van der Waals surface area contributed by atoms with Crippen LogP contribution in [-0.4, -0.2) is 31.3 Å². The van der Waals surface area contributed by atoms with Crippen molar-refractivity contribution in [3.63, 3.8) is 0 Å². The number of carboxylic acids is 1. The number of hydrogen-bond donors (Lipinski definition) is 2. The molecule has 0 aliphatic rings. The first-order chi connectivity index (χ1) is 11.1. The van der Waals surface area contributed by atoms with E-state index < -0.39 is 5.97 Å². The number of carboxylic acid groups (broad SMARTS) is 1. The van der Waals surface area contributed by atoms with E-state index in [2.05, 4.69) is 5.32 Å². The molecule has 0 bridgehead atoms. The molecule has 0 heterocycles. The summed E-state index contributed by atoms with van der Waals surface area (Å²) in [6.07, 6.45) is 0.730. The molecular weight excluding hydrogens is 318 g/mol. The summed E-state index contributed by atoms with van der Waals surface area (Å²) in [4.78, 5) is 11.2. The highest BCUT2D eigenvalue weighted by molar-refractivity contribution is 6.31. The highest BCUT2D eigenvalue weighted by Gasteiger charge is 2.10. The molecular formula is C17H18ClNO4. The smallest absolute Gasteiger partial charge is 0.337 e. The zero-order valence-corrected chi connectivity index (χ0v) is 13.5. The molecule has 2 aromatic rings. The lowest BCUT2D eigenvalue weighted by atomic mass is 10.2. The van der Waals surface area contributed by atoms with Gasteiger partial charge in [-0.25, -0.2) is 4.79 Å². The van der Waals surface area contributed by atoms with Crippen LogP contribution in [0.5, 0.6) is 11.5 Å². The van der Waals surface area contributed by atoms with E-state index in [0.717, 1.165) is 17.9 Å². The molecule has 23 heavy (non-hydrogen) atoms. The second kappa shape index (κ2) is 8.29. The molecule has 0 unspecified atom stereocenters. The van der Waals surface area contributed by atoms with Crippen LogP contribution >= 0.6 is 11.6 Å². The lowest BCUT2D eigenvalue weighted by molar-refractivity contribution is 0.0698. The largest absolute Gasteiger partial charge is 0.497 e. The summed E-state index contributed by atoms with van der Waals surface area (Å²) in [5, 5.41) is 12.6. The number of hydrogen-bond acceptors (Lipinski definition) is 4. The number of nitrogens with one attached hydrogen (secondary N) is 1. The van der Waals surface area contributed by atoms with Gasteiger partial charge in [-0.2, -0.15) is 0 Å². The summed E-state index contributed by atoms with van der Waals surface area (Å²) in [7, 11) is 1.61. The van der Waals surface area contributed by atoms with Crippen molar-refractivity contribution < 1.29 is 19.4 Å². The van der Waals surface area contributed by atoms with Crippen LogP contribution in [0.2, 0.25) is 5.02 Å². The van der Waals surface area contributed by atoms with E-state index in [1.165, 1.54) is 6.07 Å². The fourth-order valence-electron chi connectivity index (χ4n) is 2.00. The first kappa shape index (κ1) is 17.0. The summed E-state index contributed by atoms with van der Waals surface area (Å²) in [5.41, 5.74) is 0.708. The van der Waals surface area contributed by atoms with Crippen molar-refractivity contribution in [2.24, 2.45) is 0 Å². The molecule has 0 saturated carbocycles. The van der Waals surface area contributed by atoms with E-state index in [-0.39, 0.29) is 5.56 Å². The standard InChI is InChI=1S/C17H18ClNO4/c1-22-13-4-6-14(7-5-13)23-10-2-9-19-16-8-3-12(18)11-15(16)17(20)21/h3-8,11,19H,2,9-10H2,1H3,(H,20,21). The zero-order chi connectivity index (χ0) is 16.7. The molecule has 6 heteroatoms. The summed E-state index contributed by atoms with van der Waals surface area (Å²) in [5.74, 6) is 0.538. The van der Waals surface area contributed by atoms with Gasteiger partial charge in [0.2, 0.25) is 0 Å². The number of anilines is 1. The molecule has 2 aromatic carbocycles. The van der Waals surface area contributed by atoms with Crippen molar-refractivity contribution in [1.29, 1.82) is 0 Å². The van der Waals surface area contributed by atoms with Gasteiger partial charge in [-0.3, -0.25) is 0 Å². The maximum atomic E-state index is 11.2. The third kappa shape index (κ3) is 5.07. The maximum absolute atomic E-state index is 11.2. The van der Waals surface area contributed by atoms with Gasteiger partial charge in [0.1, 0.15) is 11.5 Å². The van der Waals surface area contributed by atoms with Gasteiger partial charge < -0.3 is 19.9 Å². The Kier molecular flexibility index (Phi) is 6.11. The molecule has 0 radical (unpaired) electrons. The highest BCUT2D eigenvalue weighted by atomic mass is 35.5. The minimum atomic E-state index is -1.01. The molecule has 0 spiro atoms. The van der Waals surface area contributed by atoms with Crippen LogP contribution < -0.4 is 14.8 Å². The van der Waals surface area contributed by atoms with Crippen molar-refractivity contribution >= 4 is 23.3 Å². The minimum absolute atomic E-state index is 0.161. The van der Waals surface area contributed by atoms with E-state index in [1.54, 1.807) is 19.2 Å². The van der Waals surface area contributed by atoms with Gasteiger partial charge >= 0.3 is 5.97 Å². The SMILES string of the molecule is COc1ccc(OCCCNc2ccc(Cl)cc2C(=O)O)cc1. The number of rotatable bonds is 8. The van der Waals surface area contributed by atoms with Crippen molar-refractivity contribution in [1.82, 2.24) is 0 Å². The molecule has 0 amide bonds. The van der Waals surface area contributed by atoms with Crippen molar-refractivity contribution in [3.05, 3.63) is 53.1 Å². The minimum Gasteiger partial charge on any atom is -0.497 e. The van der Waals surface area contributed by atoms with Crippen LogP contribution in [0.15, 0.2) is 42.5 Å². The van der Waals surface area contributed by atoms with Gasteiger partial charge in [-0.15, -0.1) is 0 Å². The van der Waals surface area contributed by atoms with Crippen LogP contribution in [0.4, 0.5) is 5.69 Å². The molecule has 0 aromatic heterocycles. The molecule has 0 aliphatic heterocycles. The summed E-state index contributed by atoms with van der Waals surface area (Å²) in [6, 6.07) is 12.1. The molecule has 2 N–H and O–H groups in total. The third-order valence-corrected chi connectivity index (χ3v) is 3.41. The first-order valence-corrected chi connectivity index (χ1v) is 7.51. The fraction of sp³-hybridized carbons (Fsp3) is 0.235. The van der Waals surface area contributed by atoms with Gasteiger partial charge in [-0.1, -0.05) is 11.6 Å². The van der Waals surface area contributed by atoms with E-state index in [9.17, 15) is 4.79 Å². The normalized spacial score (nSPS) is 10.2. The highest BCUT2D eigenvalue weighted by Crippen LogP contribution is 2.21. The van der Waals surface area contributed by atoms with Crippen LogP contribution in [-0.2, 0) is 0 Å². The zero-order valence-electron chi connectivity index (χ0n) is 12.7. The van der Waals surface area contributed by atoms with Crippen LogP contribution in [0, 0.1) is 0 Å². The summed E-state index contributed by atoms with van der Waals surface area (Å²) in [6.45, 7) is 1.12. The molecule has 0 fully saturated rings. The Morgan fingerprint density at radius 1 is 1.17 bits per heavy atom. The van der Waals surface area contributed by atoms with Crippen LogP contribution in [0.25, 0.3) is 0 Å². The van der Waals surface area contributed by atoms with Crippen molar-refractivity contribution in [3.8, 4) is 11.5 Å². The molecule has 122 valence electrons. The Labute approximate surface area is 139 Å². The quantitative estimate of drug-likeness (QED) is 0.715. The Balaban J connectivity index is 1.78. The second-order valence-electron chi connectivity index (χ2n) is 4.80. The number of methoxy groups -OCH3 is 1. The number of halogens is 1. The van der Waals surface area contributed by atoms with Crippen LogP contribution in [0.3, 0.4) is 0 Å². The lowest BCUT2D eigenvalue weighted by Crippen LogP contribution is -2.10. The predicted molar refractivity (Wildman–Crippen MR) is 90.0 cm³/mol. The molecule has 0 aliphatic carbocycles. The monoisotopic (exact) mass is 335 g/mol. The Hall–Kier alpha value is -2.40. The first-order valence-electron chi connectivity index (χ1n) is 7.13. The number of ether oxygens (including phenoxy) is 2. The summed E-state index contributed by atoms with van der Waals surface area (Å²) >= 11 is 5.81. The van der Waals surface area contributed by atoms with E-state index in [0.29, 0.717) is 23.9 Å². The molecule has 0 atom stereocenters. The average molecular weight is 336 g/mol. The van der Waals surface area contributed by atoms with Crippen LogP contribution in [0.1, 0.15) is 16.8 Å². The second-order valence-corrected chi connectivity index (χ2v) is 5.24. The Morgan fingerprint density at radius 2 is 1.87 bits per heavy atom. The predicted octanol–water partition coefficient (Wildman–Crippen LogP) is 3.93. The van der Waals surface area contributed by atoms with Crippen molar-refractivity contribution in [2.75, 3.05) is 25.6 Å². The Morgan fingerprint density at radius 3 is 2.52 bits per heavy atom. The lowest BCUT2D eigenvalue weighted by Gasteiger charge is -2.11. The Bertz CT molecular complexity index is 658. The molecule has 5 nitrogen and oxygen atoms in total. The van der Waals surface area contributed by atoms with E-state index in [1.807, 2.05) is 24.3 Å². The number of benzene rings is 2. The number of aromatic carboxylic acids is 1. The van der Waals surface area contributed by atoms with Gasteiger partial charge in [0, 0.05) is 17.3 Å². The maximum Gasteiger partial charge on any atom is 0.337 e. The summed E-state index contributed by atoms with van der Waals surface area (Å²) < 4.78 is 10.7. The molecule has 2 rings (SSSR count). The van der Waals surface area contributed by atoms with Gasteiger partial charge in [0.25, 0.3) is 0 Å². The molecule has 0 saturated heterocycles. The van der Waals surface area contributed by atoms with Gasteiger partial charge in [0.15, 0.2) is 0 Å². The van der Waals surface area contributed by atoms with E-state index in [4.69, 9.17) is 26.2 Å².